The molecule has 0 aliphatic carbocycles. The molecule has 0 aromatic heterocycles. The Kier molecular flexibility index (Phi) is 3.74. The third kappa shape index (κ3) is 2.32. The zero-order valence-electron chi connectivity index (χ0n) is 10.6. The minimum atomic E-state index is -0.844. The van der Waals surface area contributed by atoms with E-state index in [1.165, 1.54) is 16.5 Å². The van der Waals surface area contributed by atoms with E-state index in [0.717, 1.165) is 12.5 Å². The number of hydrogen-bond donors (Lipinski definition) is 2. The van der Waals surface area contributed by atoms with Gasteiger partial charge < -0.3 is 0 Å². The molecule has 1 aliphatic heterocycles. The molecular weight excluding hydrogens is 278 g/mol. The molecule has 3 N–H and O–H groups in total. The number of hydrazine groups is 1. The second kappa shape index (κ2) is 5.52. The van der Waals surface area contributed by atoms with Crippen molar-refractivity contribution in [1.82, 2.24) is 5.43 Å². The minimum absolute atomic E-state index is 0.0497. The Labute approximate surface area is 120 Å². The maximum absolute atomic E-state index is 13.9. The smallest absolute Gasteiger partial charge is 0.163 e. The summed E-state index contributed by atoms with van der Waals surface area (Å²) in [4.78, 5) is 1.18. The van der Waals surface area contributed by atoms with Gasteiger partial charge in [0.2, 0.25) is 0 Å². The quantitative estimate of drug-likeness (QED) is 0.674. The Morgan fingerprint density at radius 1 is 1.15 bits per heavy atom. The van der Waals surface area contributed by atoms with Crippen molar-refractivity contribution in [2.45, 2.75) is 22.6 Å². The molecule has 5 heteroatoms. The number of hydrogen-bond acceptors (Lipinski definition) is 3. The molecule has 2 unspecified atom stereocenters. The van der Waals surface area contributed by atoms with E-state index in [1.54, 1.807) is 17.8 Å². The van der Waals surface area contributed by atoms with E-state index >= 15 is 0 Å². The van der Waals surface area contributed by atoms with Crippen LogP contribution >= 0.6 is 11.8 Å². The Morgan fingerprint density at radius 3 is 2.70 bits per heavy atom. The molecule has 0 fully saturated rings. The molecule has 104 valence electrons. The van der Waals surface area contributed by atoms with Gasteiger partial charge in [-0.2, -0.15) is 0 Å². The number of thioether (sulfide) groups is 1. The van der Waals surface area contributed by atoms with Crippen LogP contribution in [-0.2, 0) is 6.42 Å². The summed E-state index contributed by atoms with van der Waals surface area (Å²) in [6.45, 7) is 0. The fourth-order valence-electron chi connectivity index (χ4n) is 2.55. The molecule has 3 rings (SSSR count). The fraction of sp³-hybridized carbons (Fsp3) is 0.200. The fourth-order valence-corrected chi connectivity index (χ4v) is 3.96. The van der Waals surface area contributed by atoms with Crippen molar-refractivity contribution >= 4 is 11.8 Å². The highest BCUT2D eigenvalue weighted by Crippen LogP contribution is 2.42. The van der Waals surface area contributed by atoms with Gasteiger partial charge in [0.05, 0.1) is 6.04 Å². The van der Waals surface area contributed by atoms with Gasteiger partial charge in [0.1, 0.15) is 0 Å². The molecule has 20 heavy (non-hydrogen) atoms. The molecule has 0 saturated carbocycles. The molecule has 1 aliphatic rings. The number of halogens is 2. The third-order valence-electron chi connectivity index (χ3n) is 3.54. The Balaban J connectivity index is 1.91. The molecule has 2 aromatic carbocycles. The predicted octanol–water partition coefficient (Wildman–Crippen LogP) is 3.19. The average Bonchev–Trinajstić information content (AvgIpc) is 2.87. The molecule has 2 nitrogen and oxygen atoms in total. The van der Waals surface area contributed by atoms with Crippen LogP contribution in [0, 0.1) is 11.6 Å². The van der Waals surface area contributed by atoms with Gasteiger partial charge in [-0.05, 0) is 24.1 Å². The number of benzene rings is 2. The largest absolute Gasteiger partial charge is 0.271 e. The first-order valence-corrected chi connectivity index (χ1v) is 7.23. The third-order valence-corrected chi connectivity index (χ3v) is 4.93. The molecule has 0 amide bonds. The van der Waals surface area contributed by atoms with E-state index < -0.39 is 17.7 Å². The SMILES string of the molecule is NNC(c1cccc(F)c1F)C1Cc2ccccc2S1. The van der Waals surface area contributed by atoms with Gasteiger partial charge in [0, 0.05) is 15.7 Å². The van der Waals surface area contributed by atoms with Crippen molar-refractivity contribution in [3.63, 3.8) is 0 Å². The summed E-state index contributed by atoms with van der Waals surface area (Å²) >= 11 is 1.65. The lowest BCUT2D eigenvalue weighted by atomic mass is 9.98. The van der Waals surface area contributed by atoms with E-state index in [2.05, 4.69) is 11.5 Å². The molecule has 2 atom stereocenters. The Hall–Kier alpha value is -1.43. The zero-order chi connectivity index (χ0) is 14.1. The lowest BCUT2D eigenvalue weighted by Crippen LogP contribution is -2.35. The van der Waals surface area contributed by atoms with E-state index in [1.807, 2.05) is 18.2 Å². The first kappa shape index (κ1) is 13.5. The van der Waals surface area contributed by atoms with E-state index in [4.69, 9.17) is 5.84 Å². The van der Waals surface area contributed by atoms with Crippen molar-refractivity contribution in [2.24, 2.45) is 5.84 Å². The lowest BCUT2D eigenvalue weighted by molar-refractivity contribution is 0.459. The van der Waals surface area contributed by atoms with Crippen LogP contribution in [0.3, 0.4) is 0 Å². The number of nitrogens with two attached hydrogens (primary N) is 1. The molecule has 0 bridgehead atoms. The zero-order valence-corrected chi connectivity index (χ0v) is 11.5. The second-order valence-electron chi connectivity index (χ2n) is 4.76. The summed E-state index contributed by atoms with van der Waals surface area (Å²) in [5.74, 6) is 3.91. The van der Waals surface area contributed by atoms with Crippen LogP contribution in [0.15, 0.2) is 47.4 Å². The monoisotopic (exact) mass is 292 g/mol. The van der Waals surface area contributed by atoms with Crippen molar-refractivity contribution in [2.75, 3.05) is 0 Å². The van der Waals surface area contributed by atoms with Gasteiger partial charge >= 0.3 is 0 Å². The molecule has 1 heterocycles. The summed E-state index contributed by atoms with van der Waals surface area (Å²) in [6.07, 6.45) is 0.783. The van der Waals surface area contributed by atoms with E-state index in [9.17, 15) is 8.78 Å². The highest BCUT2D eigenvalue weighted by atomic mass is 32.2. The van der Waals surface area contributed by atoms with Crippen LogP contribution in [0.5, 0.6) is 0 Å². The molecular formula is C15H14F2N2S. The van der Waals surface area contributed by atoms with Crippen LogP contribution < -0.4 is 11.3 Å². The van der Waals surface area contributed by atoms with Crippen LogP contribution in [-0.4, -0.2) is 5.25 Å². The number of nitrogens with one attached hydrogen (secondary N) is 1. The summed E-state index contributed by atoms with van der Waals surface area (Å²) in [6, 6.07) is 11.8. The number of rotatable bonds is 3. The highest BCUT2D eigenvalue weighted by Gasteiger charge is 2.31. The summed E-state index contributed by atoms with van der Waals surface area (Å²) < 4.78 is 27.3. The van der Waals surface area contributed by atoms with Crippen LogP contribution in [0.4, 0.5) is 8.78 Å². The van der Waals surface area contributed by atoms with Gasteiger partial charge in [0.15, 0.2) is 11.6 Å². The average molecular weight is 292 g/mol. The van der Waals surface area contributed by atoms with Crippen molar-refractivity contribution in [3.05, 3.63) is 65.2 Å². The van der Waals surface area contributed by atoms with Gasteiger partial charge in [-0.1, -0.05) is 30.3 Å². The van der Waals surface area contributed by atoms with Crippen molar-refractivity contribution in [3.8, 4) is 0 Å². The Bertz CT molecular complexity index is 608. The normalized spacial score (nSPS) is 18.9. The lowest BCUT2D eigenvalue weighted by Gasteiger charge is -2.22. The minimum Gasteiger partial charge on any atom is -0.271 e. The topological polar surface area (TPSA) is 38.0 Å². The first-order chi connectivity index (χ1) is 9.70. The maximum atomic E-state index is 13.9. The van der Waals surface area contributed by atoms with Crippen molar-refractivity contribution in [1.29, 1.82) is 0 Å². The standard InChI is InChI=1S/C15H14F2N2S/c16-11-6-3-5-10(14(11)17)15(19-18)13-8-9-4-1-2-7-12(9)20-13/h1-7,13,15,19H,8,18H2. The van der Waals surface area contributed by atoms with Crippen LogP contribution in [0.25, 0.3) is 0 Å². The summed E-state index contributed by atoms with van der Waals surface area (Å²) in [7, 11) is 0. The Morgan fingerprint density at radius 2 is 1.95 bits per heavy atom. The maximum Gasteiger partial charge on any atom is 0.163 e. The van der Waals surface area contributed by atoms with Gasteiger partial charge in [-0.25, -0.2) is 8.78 Å². The van der Waals surface area contributed by atoms with E-state index in [0.29, 0.717) is 0 Å². The summed E-state index contributed by atoms with van der Waals surface area (Å²) in [5.41, 5.74) is 4.13. The first-order valence-electron chi connectivity index (χ1n) is 6.35. The summed E-state index contributed by atoms with van der Waals surface area (Å²) in [5, 5.41) is 0.0497. The second-order valence-corrected chi connectivity index (χ2v) is 6.04. The highest BCUT2D eigenvalue weighted by molar-refractivity contribution is 8.00. The van der Waals surface area contributed by atoms with Gasteiger partial charge in [-0.3, -0.25) is 11.3 Å². The van der Waals surface area contributed by atoms with Gasteiger partial charge in [0.25, 0.3) is 0 Å². The van der Waals surface area contributed by atoms with Crippen LogP contribution in [0.2, 0.25) is 0 Å². The van der Waals surface area contributed by atoms with Gasteiger partial charge in [-0.15, -0.1) is 11.8 Å². The number of fused-ring (bicyclic) bond motifs is 1. The predicted molar refractivity (Wildman–Crippen MR) is 76.2 cm³/mol. The molecule has 0 radical (unpaired) electrons. The van der Waals surface area contributed by atoms with Crippen molar-refractivity contribution < 1.29 is 8.78 Å². The van der Waals surface area contributed by atoms with Crippen LogP contribution in [0.1, 0.15) is 17.2 Å². The molecule has 0 spiro atoms. The molecule has 2 aromatic rings. The molecule has 0 saturated heterocycles. The van der Waals surface area contributed by atoms with E-state index in [-0.39, 0.29) is 10.8 Å².